The Morgan fingerprint density at radius 1 is 1.20 bits per heavy atom. The van der Waals surface area contributed by atoms with Gasteiger partial charge in [-0.05, 0) is 57.9 Å². The van der Waals surface area contributed by atoms with E-state index < -0.39 is 40.9 Å². The van der Waals surface area contributed by atoms with Crippen LogP contribution in [-0.4, -0.2) is 85.7 Å². The monoisotopic (exact) mass is 680 g/mol. The number of hydrogen-bond donors (Lipinski definition) is 2. The molecule has 1 fully saturated rings. The SMILES string of the molecule is COc1ccc(COC(=O)C2=C(CCl)CSC3C(NC(=O)/C(=N\OC(C)C)c4nsc(NC(=O)OC(C)(C)C)n4)C(=O)N23)cc1. The summed E-state index contributed by atoms with van der Waals surface area (Å²) in [5.41, 5.74) is 0.298. The molecule has 1 saturated heterocycles. The molecular weight excluding hydrogens is 648 g/mol. The number of oxime groups is 1. The van der Waals surface area contributed by atoms with E-state index in [9.17, 15) is 19.2 Å². The molecule has 0 spiro atoms. The lowest BCUT2D eigenvalue weighted by atomic mass is 10.0. The maximum Gasteiger partial charge on any atom is 0.414 e. The summed E-state index contributed by atoms with van der Waals surface area (Å²) in [6, 6.07) is 6.02. The van der Waals surface area contributed by atoms with Crippen molar-refractivity contribution in [1.29, 1.82) is 0 Å². The number of nitrogens with one attached hydrogen (secondary N) is 2. The Bertz CT molecular complexity index is 1500. The van der Waals surface area contributed by atoms with Gasteiger partial charge in [0.05, 0.1) is 7.11 Å². The molecule has 0 radical (unpaired) electrons. The molecule has 2 aromatic rings. The van der Waals surface area contributed by atoms with Crippen LogP contribution in [0, 0.1) is 0 Å². The number of rotatable bonds is 11. The van der Waals surface area contributed by atoms with Crippen molar-refractivity contribution >= 4 is 69.6 Å². The fourth-order valence-electron chi connectivity index (χ4n) is 4.03. The lowest BCUT2D eigenvalue weighted by Gasteiger charge is -2.49. The van der Waals surface area contributed by atoms with Crippen molar-refractivity contribution < 1.29 is 38.2 Å². The number of aromatic nitrogens is 2. The molecule has 4 rings (SSSR count). The van der Waals surface area contributed by atoms with Gasteiger partial charge in [0.2, 0.25) is 16.7 Å². The molecule has 45 heavy (non-hydrogen) atoms. The summed E-state index contributed by atoms with van der Waals surface area (Å²) >= 11 is 8.28. The average molecular weight is 681 g/mol. The molecule has 3 amide bonds. The summed E-state index contributed by atoms with van der Waals surface area (Å²) in [5, 5.41) is 8.51. The Morgan fingerprint density at radius 3 is 2.53 bits per heavy atom. The van der Waals surface area contributed by atoms with E-state index in [0.717, 1.165) is 17.1 Å². The van der Waals surface area contributed by atoms with Crippen LogP contribution in [0.1, 0.15) is 46.0 Å². The van der Waals surface area contributed by atoms with Crippen LogP contribution in [0.3, 0.4) is 0 Å². The first-order chi connectivity index (χ1) is 21.3. The van der Waals surface area contributed by atoms with Crippen molar-refractivity contribution in [3.8, 4) is 5.75 Å². The largest absolute Gasteiger partial charge is 0.497 e. The van der Waals surface area contributed by atoms with Crippen molar-refractivity contribution in [2.75, 3.05) is 24.1 Å². The highest BCUT2D eigenvalue weighted by Gasteiger charge is 2.54. The predicted molar refractivity (Wildman–Crippen MR) is 168 cm³/mol. The van der Waals surface area contributed by atoms with Crippen molar-refractivity contribution in [3.05, 3.63) is 46.9 Å². The Labute approximate surface area is 273 Å². The third kappa shape index (κ3) is 8.43. The number of alkyl halides is 1. The third-order valence-corrected chi connectivity index (χ3v) is 8.33. The van der Waals surface area contributed by atoms with E-state index in [2.05, 4.69) is 25.1 Å². The predicted octanol–water partition coefficient (Wildman–Crippen LogP) is 3.66. The second-order valence-corrected chi connectivity index (χ2v) is 13.1. The molecule has 0 aliphatic carbocycles. The molecular formula is C28H33ClN6O8S2. The summed E-state index contributed by atoms with van der Waals surface area (Å²) in [4.78, 5) is 62.9. The van der Waals surface area contributed by atoms with Gasteiger partial charge in [-0.25, -0.2) is 9.59 Å². The molecule has 0 bridgehead atoms. The highest BCUT2D eigenvalue weighted by molar-refractivity contribution is 8.00. The van der Waals surface area contributed by atoms with Crippen LogP contribution in [-0.2, 0) is 35.3 Å². The zero-order chi connectivity index (χ0) is 32.9. The number of ether oxygens (including phenoxy) is 3. The third-order valence-electron chi connectivity index (χ3n) is 6.03. The molecule has 17 heteroatoms. The van der Waals surface area contributed by atoms with Crippen LogP contribution >= 0.6 is 34.9 Å². The second kappa shape index (κ2) is 14.5. The van der Waals surface area contributed by atoms with E-state index >= 15 is 0 Å². The second-order valence-electron chi connectivity index (χ2n) is 11.0. The topological polar surface area (TPSA) is 171 Å². The van der Waals surface area contributed by atoms with E-state index in [4.69, 9.17) is 30.6 Å². The average Bonchev–Trinajstić information content (AvgIpc) is 3.44. The quantitative estimate of drug-likeness (QED) is 0.117. The van der Waals surface area contributed by atoms with Crippen LogP contribution in [0.15, 0.2) is 40.7 Å². The van der Waals surface area contributed by atoms with Gasteiger partial charge in [0, 0.05) is 23.2 Å². The first-order valence-electron chi connectivity index (χ1n) is 13.7. The molecule has 242 valence electrons. The number of methoxy groups -OCH3 is 1. The van der Waals surface area contributed by atoms with Gasteiger partial charge in [0.15, 0.2) is 0 Å². The molecule has 1 aromatic carbocycles. The van der Waals surface area contributed by atoms with E-state index in [1.54, 1.807) is 66.0 Å². The van der Waals surface area contributed by atoms with Crippen LogP contribution in [0.4, 0.5) is 9.93 Å². The minimum absolute atomic E-state index is 0.0198. The molecule has 14 nitrogen and oxygen atoms in total. The molecule has 2 aliphatic rings. The van der Waals surface area contributed by atoms with Crippen LogP contribution in [0.2, 0.25) is 0 Å². The number of β-lactam (4-membered cyclic amide) rings is 1. The van der Waals surface area contributed by atoms with Gasteiger partial charge >= 0.3 is 12.1 Å². The van der Waals surface area contributed by atoms with Gasteiger partial charge in [-0.15, -0.1) is 23.4 Å². The van der Waals surface area contributed by atoms with Crippen molar-refractivity contribution in [2.45, 2.75) is 64.3 Å². The Kier molecular flexibility index (Phi) is 10.9. The van der Waals surface area contributed by atoms with Crippen LogP contribution < -0.4 is 15.4 Å². The lowest BCUT2D eigenvalue weighted by Crippen LogP contribution is -2.71. The first-order valence-corrected chi connectivity index (χ1v) is 16.1. The lowest BCUT2D eigenvalue weighted by molar-refractivity contribution is -0.153. The smallest absolute Gasteiger partial charge is 0.414 e. The Hall–Kier alpha value is -3.89. The zero-order valence-electron chi connectivity index (χ0n) is 25.4. The van der Waals surface area contributed by atoms with E-state index in [0.29, 0.717) is 17.1 Å². The molecule has 2 N–H and O–H groups in total. The number of esters is 1. The van der Waals surface area contributed by atoms with E-state index in [1.165, 1.54) is 16.7 Å². The minimum Gasteiger partial charge on any atom is -0.497 e. The van der Waals surface area contributed by atoms with Crippen molar-refractivity contribution in [2.24, 2.45) is 5.16 Å². The Morgan fingerprint density at radius 2 is 1.91 bits per heavy atom. The summed E-state index contributed by atoms with van der Waals surface area (Å²) < 4.78 is 20.0. The number of nitrogens with zero attached hydrogens (tertiary/aromatic N) is 4. The van der Waals surface area contributed by atoms with Gasteiger partial charge in [-0.2, -0.15) is 9.36 Å². The first kappa shape index (κ1) is 34.0. The minimum atomic E-state index is -0.994. The highest BCUT2D eigenvalue weighted by atomic mass is 35.5. The highest BCUT2D eigenvalue weighted by Crippen LogP contribution is 2.41. The summed E-state index contributed by atoms with van der Waals surface area (Å²) in [6.45, 7) is 8.54. The number of hydrogen-bond acceptors (Lipinski definition) is 13. The molecule has 2 unspecified atom stereocenters. The van der Waals surface area contributed by atoms with Crippen LogP contribution in [0.25, 0.3) is 0 Å². The van der Waals surface area contributed by atoms with Crippen LogP contribution in [0.5, 0.6) is 5.75 Å². The Balaban J connectivity index is 1.46. The number of carbonyl (C=O) groups excluding carboxylic acids is 4. The van der Waals surface area contributed by atoms with E-state index in [-0.39, 0.29) is 41.0 Å². The van der Waals surface area contributed by atoms with Crippen molar-refractivity contribution in [1.82, 2.24) is 19.6 Å². The van der Waals surface area contributed by atoms with Crippen molar-refractivity contribution in [3.63, 3.8) is 0 Å². The number of anilines is 1. The normalized spacial score (nSPS) is 18.2. The summed E-state index contributed by atoms with van der Waals surface area (Å²) in [7, 11) is 1.55. The summed E-state index contributed by atoms with van der Waals surface area (Å²) in [5.74, 6) is -1.11. The van der Waals surface area contributed by atoms with Gasteiger partial charge < -0.3 is 24.4 Å². The van der Waals surface area contributed by atoms with Gasteiger partial charge in [0.1, 0.15) is 41.2 Å². The fraction of sp³-hybridized carbons (Fsp3) is 0.464. The van der Waals surface area contributed by atoms with Gasteiger partial charge in [-0.3, -0.25) is 19.8 Å². The zero-order valence-corrected chi connectivity index (χ0v) is 27.8. The number of benzene rings is 1. The number of amides is 3. The van der Waals surface area contributed by atoms with Gasteiger partial charge in [-0.1, -0.05) is 17.3 Å². The molecule has 2 atom stereocenters. The molecule has 0 saturated carbocycles. The van der Waals surface area contributed by atoms with Gasteiger partial charge in [0.25, 0.3) is 11.8 Å². The number of halogens is 1. The standard InChI is InChI=1S/C28H33ClN6O8S2/c1-14(2)43-33-18(21-31-26(45-34-21)32-27(39)42-28(3,4)5)22(36)30-19-23(37)35-20(16(11-29)13-44-24(19)35)25(38)41-12-15-7-9-17(40-6)10-8-15/h7-10,14,19,24H,11-13H2,1-6H3,(H,30,36)(H,31,32,34,39)/b33-18-. The summed E-state index contributed by atoms with van der Waals surface area (Å²) in [6.07, 6.45) is -1.13. The fourth-order valence-corrected chi connectivity index (χ4v) is 6.26. The molecule has 3 heterocycles. The number of carbonyl (C=O) groups is 4. The molecule has 2 aliphatic heterocycles. The number of thioether (sulfide) groups is 1. The maximum absolute atomic E-state index is 13.4. The molecule has 1 aromatic heterocycles. The van der Waals surface area contributed by atoms with E-state index in [1.807, 2.05) is 0 Å². The number of fused-ring (bicyclic) bond motifs is 1. The maximum atomic E-state index is 13.4.